The lowest BCUT2D eigenvalue weighted by atomic mass is 10.0. The molecule has 6 nitrogen and oxygen atoms in total. The molecule has 0 bridgehead atoms. The minimum Gasteiger partial charge on any atom is -0.481 e. The molecule has 2 atom stereocenters. The van der Waals surface area contributed by atoms with Crippen molar-refractivity contribution in [2.45, 2.75) is 19.5 Å². The van der Waals surface area contributed by atoms with Crippen LogP contribution in [0.25, 0.3) is 0 Å². The van der Waals surface area contributed by atoms with Gasteiger partial charge in [0.25, 0.3) is 0 Å². The van der Waals surface area contributed by atoms with Gasteiger partial charge in [0, 0.05) is 30.9 Å². The monoisotopic (exact) mass is 253 g/mol. The van der Waals surface area contributed by atoms with Crippen molar-refractivity contribution < 1.29 is 14.6 Å². The number of aryl methyl sites for hydroxylation is 1. The highest BCUT2D eigenvalue weighted by molar-refractivity contribution is 5.71. The Kier molecular flexibility index (Phi) is 3.68. The van der Waals surface area contributed by atoms with E-state index in [0.717, 1.165) is 11.3 Å². The molecule has 2 heterocycles. The van der Waals surface area contributed by atoms with Gasteiger partial charge in [-0.25, -0.2) is 0 Å². The molecule has 1 aromatic rings. The third kappa shape index (κ3) is 2.39. The van der Waals surface area contributed by atoms with Gasteiger partial charge in [-0.3, -0.25) is 14.4 Å². The lowest BCUT2D eigenvalue weighted by Gasteiger charge is -2.25. The summed E-state index contributed by atoms with van der Waals surface area (Å²) in [7, 11) is 3.83. The van der Waals surface area contributed by atoms with Crippen LogP contribution in [0.15, 0.2) is 6.20 Å². The largest absolute Gasteiger partial charge is 0.481 e. The van der Waals surface area contributed by atoms with E-state index in [0.29, 0.717) is 19.8 Å². The van der Waals surface area contributed by atoms with Crippen LogP contribution >= 0.6 is 0 Å². The number of carboxylic acids is 1. The molecule has 1 saturated heterocycles. The fraction of sp³-hybridized carbons (Fsp3) is 0.667. The predicted octanol–water partition coefficient (Wildman–Crippen LogP) is 0.260. The topological polar surface area (TPSA) is 67.6 Å². The molecule has 0 spiro atoms. The maximum atomic E-state index is 11.1. The molecule has 6 heteroatoms. The number of hydrogen-bond acceptors (Lipinski definition) is 4. The van der Waals surface area contributed by atoms with E-state index in [2.05, 4.69) is 5.10 Å². The number of carboxylic acid groups (broad SMARTS) is 1. The van der Waals surface area contributed by atoms with Gasteiger partial charge in [-0.15, -0.1) is 0 Å². The quantitative estimate of drug-likeness (QED) is 0.833. The Balaban J connectivity index is 2.05. The Morgan fingerprint density at radius 2 is 2.39 bits per heavy atom. The summed E-state index contributed by atoms with van der Waals surface area (Å²) in [6.45, 7) is 3.48. The van der Waals surface area contributed by atoms with Crippen molar-refractivity contribution in [3.63, 3.8) is 0 Å². The fourth-order valence-corrected chi connectivity index (χ4v) is 2.30. The molecule has 1 aliphatic heterocycles. The zero-order chi connectivity index (χ0) is 13.3. The Morgan fingerprint density at radius 1 is 1.67 bits per heavy atom. The molecule has 18 heavy (non-hydrogen) atoms. The Bertz CT molecular complexity index is 444. The Morgan fingerprint density at radius 3 is 2.94 bits per heavy atom. The molecule has 1 N–H and O–H groups in total. The lowest BCUT2D eigenvalue weighted by Crippen LogP contribution is -2.40. The van der Waals surface area contributed by atoms with Gasteiger partial charge in [0.2, 0.25) is 0 Å². The van der Waals surface area contributed by atoms with E-state index in [1.165, 1.54) is 0 Å². The number of ether oxygens (including phenoxy) is 1. The Hall–Kier alpha value is -1.40. The van der Waals surface area contributed by atoms with Gasteiger partial charge in [-0.2, -0.15) is 5.10 Å². The standard InChI is InChI=1S/C12H19N3O3/c1-8-9(4-13-15(8)3)5-14(2)11-7-18-6-10(11)12(16)17/h4,10-11H,5-7H2,1-3H3,(H,16,17). The van der Waals surface area contributed by atoms with Gasteiger partial charge < -0.3 is 9.84 Å². The van der Waals surface area contributed by atoms with Crippen LogP contribution in [-0.4, -0.2) is 52.1 Å². The second-order valence-corrected chi connectivity index (χ2v) is 4.84. The Labute approximate surface area is 106 Å². The van der Waals surface area contributed by atoms with Crippen LogP contribution in [0.5, 0.6) is 0 Å². The second kappa shape index (κ2) is 5.07. The summed E-state index contributed by atoms with van der Waals surface area (Å²) in [5, 5.41) is 13.3. The molecule has 2 unspecified atom stereocenters. The van der Waals surface area contributed by atoms with Crippen LogP contribution in [-0.2, 0) is 23.1 Å². The summed E-state index contributed by atoms with van der Waals surface area (Å²) in [5.74, 6) is -1.22. The molecule has 0 aliphatic carbocycles. The van der Waals surface area contributed by atoms with Gasteiger partial charge in [-0.1, -0.05) is 0 Å². The first-order valence-electron chi connectivity index (χ1n) is 5.99. The van der Waals surface area contributed by atoms with Crippen molar-refractivity contribution >= 4 is 5.97 Å². The van der Waals surface area contributed by atoms with Crippen molar-refractivity contribution in [2.24, 2.45) is 13.0 Å². The summed E-state index contributed by atoms with van der Waals surface area (Å²) in [5.41, 5.74) is 2.23. The molecule has 100 valence electrons. The highest BCUT2D eigenvalue weighted by Gasteiger charge is 2.36. The molecular weight excluding hydrogens is 234 g/mol. The van der Waals surface area contributed by atoms with Gasteiger partial charge in [-0.05, 0) is 14.0 Å². The van der Waals surface area contributed by atoms with E-state index >= 15 is 0 Å². The average Bonchev–Trinajstić information content (AvgIpc) is 2.91. The van der Waals surface area contributed by atoms with Gasteiger partial charge in [0.15, 0.2) is 0 Å². The number of aromatic nitrogens is 2. The van der Waals surface area contributed by atoms with E-state index < -0.39 is 11.9 Å². The van der Waals surface area contributed by atoms with Crippen LogP contribution in [0.3, 0.4) is 0 Å². The molecule has 1 fully saturated rings. The number of likely N-dealkylation sites (N-methyl/N-ethyl adjacent to an activating group) is 1. The third-order valence-corrected chi connectivity index (χ3v) is 3.69. The molecule has 0 radical (unpaired) electrons. The number of aliphatic carboxylic acids is 1. The summed E-state index contributed by atoms with van der Waals surface area (Å²) in [6, 6.07) is -0.0675. The molecule has 2 rings (SSSR count). The molecule has 1 aliphatic rings. The fourth-order valence-electron chi connectivity index (χ4n) is 2.30. The summed E-state index contributed by atoms with van der Waals surface area (Å²) < 4.78 is 7.10. The molecular formula is C12H19N3O3. The maximum absolute atomic E-state index is 11.1. The minimum atomic E-state index is -0.785. The highest BCUT2D eigenvalue weighted by atomic mass is 16.5. The van der Waals surface area contributed by atoms with E-state index in [-0.39, 0.29) is 6.04 Å². The number of hydrogen-bond donors (Lipinski definition) is 1. The molecule has 1 aromatic heterocycles. The second-order valence-electron chi connectivity index (χ2n) is 4.84. The molecule has 0 aromatic carbocycles. The van der Waals surface area contributed by atoms with Gasteiger partial charge in [0.1, 0.15) is 0 Å². The van der Waals surface area contributed by atoms with E-state index in [9.17, 15) is 4.79 Å². The minimum absolute atomic E-state index is 0.0675. The van der Waals surface area contributed by atoms with Crippen LogP contribution < -0.4 is 0 Å². The molecule has 0 amide bonds. The lowest BCUT2D eigenvalue weighted by molar-refractivity contribution is -0.143. The third-order valence-electron chi connectivity index (χ3n) is 3.69. The van der Waals surface area contributed by atoms with Gasteiger partial charge >= 0.3 is 5.97 Å². The zero-order valence-electron chi connectivity index (χ0n) is 11.0. The van der Waals surface area contributed by atoms with E-state index in [1.807, 2.05) is 36.8 Å². The van der Waals surface area contributed by atoms with E-state index in [4.69, 9.17) is 9.84 Å². The van der Waals surface area contributed by atoms with Crippen molar-refractivity contribution in [3.8, 4) is 0 Å². The van der Waals surface area contributed by atoms with Crippen LogP contribution in [0.2, 0.25) is 0 Å². The van der Waals surface area contributed by atoms with Crippen molar-refractivity contribution in [3.05, 3.63) is 17.5 Å². The van der Waals surface area contributed by atoms with Crippen LogP contribution in [0.1, 0.15) is 11.3 Å². The summed E-state index contributed by atoms with van der Waals surface area (Å²) in [4.78, 5) is 13.2. The van der Waals surface area contributed by atoms with E-state index in [1.54, 1.807) is 0 Å². The maximum Gasteiger partial charge on any atom is 0.310 e. The zero-order valence-corrected chi connectivity index (χ0v) is 11.0. The normalized spacial score (nSPS) is 23.8. The van der Waals surface area contributed by atoms with Crippen molar-refractivity contribution in [2.75, 3.05) is 20.3 Å². The SMILES string of the molecule is Cc1c(CN(C)C2COCC2C(=O)O)cnn1C. The summed E-state index contributed by atoms with van der Waals surface area (Å²) in [6.07, 6.45) is 1.83. The van der Waals surface area contributed by atoms with Gasteiger partial charge in [0.05, 0.1) is 25.3 Å². The highest BCUT2D eigenvalue weighted by Crippen LogP contribution is 2.21. The average molecular weight is 253 g/mol. The number of carbonyl (C=O) groups is 1. The first kappa shape index (κ1) is 13.0. The van der Waals surface area contributed by atoms with Crippen molar-refractivity contribution in [1.82, 2.24) is 14.7 Å². The number of nitrogens with zero attached hydrogens (tertiary/aromatic N) is 3. The van der Waals surface area contributed by atoms with Crippen LogP contribution in [0, 0.1) is 12.8 Å². The predicted molar refractivity (Wildman–Crippen MR) is 65.1 cm³/mol. The first-order chi connectivity index (χ1) is 8.50. The smallest absolute Gasteiger partial charge is 0.310 e. The van der Waals surface area contributed by atoms with Crippen molar-refractivity contribution in [1.29, 1.82) is 0 Å². The number of rotatable bonds is 4. The summed E-state index contributed by atoms with van der Waals surface area (Å²) >= 11 is 0. The first-order valence-corrected chi connectivity index (χ1v) is 5.99. The molecule has 0 saturated carbocycles. The van der Waals surface area contributed by atoms with Crippen LogP contribution in [0.4, 0.5) is 0 Å².